The molecule has 2 nitrogen and oxygen atoms in total. The lowest BCUT2D eigenvalue weighted by molar-refractivity contribution is -0.137. The molecule has 0 aromatic rings. The van der Waals surface area contributed by atoms with E-state index in [4.69, 9.17) is 23.2 Å². The second kappa shape index (κ2) is 38.0. The van der Waals surface area contributed by atoms with E-state index in [1.807, 2.05) is 0 Å². The Balaban J connectivity index is 5.22. The maximum absolute atomic E-state index is 11.7. The van der Waals surface area contributed by atoms with Crippen molar-refractivity contribution >= 4 is 29.2 Å². The van der Waals surface area contributed by atoms with Gasteiger partial charge in [0, 0.05) is 18.2 Å². The summed E-state index contributed by atoms with van der Waals surface area (Å²) in [4.78, 5) is 11.7. The van der Waals surface area contributed by atoms with Crippen LogP contribution in [0, 0.1) is 23.7 Å². The highest BCUT2D eigenvalue weighted by molar-refractivity contribution is 6.18. The number of rotatable bonds is 39. The number of hydrogen-bond donors (Lipinski definition) is 1. The molecule has 0 aliphatic heterocycles. The highest BCUT2D eigenvalue weighted by atomic mass is 35.5. The van der Waals surface area contributed by atoms with Crippen LogP contribution in [-0.2, 0) is 4.79 Å². The number of carboxylic acids is 1. The van der Waals surface area contributed by atoms with Gasteiger partial charge in [-0.05, 0) is 62.2 Å². The number of allylic oxidation sites excluding steroid dienone is 2. The van der Waals surface area contributed by atoms with Crippen LogP contribution in [0.2, 0.25) is 0 Å². The molecule has 0 spiro atoms. The fraction of sp³-hybridized carbons (Fsp3) is 0.932. The SMILES string of the molecule is CCCCCCCC/C=C/C(CCC(=O)O)CC(C(CC)CCCCCCCCCCCCl)C(CC)CCCCCCCCCCCCl. The van der Waals surface area contributed by atoms with Crippen molar-refractivity contribution in [1.29, 1.82) is 0 Å². The van der Waals surface area contributed by atoms with Crippen molar-refractivity contribution in [2.75, 3.05) is 11.8 Å². The Labute approximate surface area is 311 Å². The summed E-state index contributed by atoms with van der Waals surface area (Å²) in [6, 6.07) is 0. The predicted octanol–water partition coefficient (Wildman–Crippen LogP) is 16.1. The average Bonchev–Trinajstić information content (AvgIpc) is 3.08. The Morgan fingerprint density at radius 2 is 0.938 bits per heavy atom. The van der Waals surface area contributed by atoms with Crippen LogP contribution < -0.4 is 0 Å². The zero-order valence-corrected chi connectivity index (χ0v) is 34.1. The monoisotopic (exact) mass is 715 g/mol. The smallest absolute Gasteiger partial charge is 0.303 e. The van der Waals surface area contributed by atoms with Crippen LogP contribution in [0.5, 0.6) is 0 Å². The molecule has 0 aromatic carbocycles. The molecule has 0 saturated heterocycles. The highest BCUT2D eigenvalue weighted by Crippen LogP contribution is 2.39. The zero-order valence-electron chi connectivity index (χ0n) is 32.6. The minimum atomic E-state index is -0.641. The van der Waals surface area contributed by atoms with E-state index in [1.165, 1.54) is 186 Å². The maximum atomic E-state index is 11.7. The highest BCUT2D eigenvalue weighted by Gasteiger charge is 2.29. The molecule has 0 saturated carbocycles. The van der Waals surface area contributed by atoms with E-state index >= 15 is 0 Å². The summed E-state index contributed by atoms with van der Waals surface area (Å²) in [6.45, 7) is 7.14. The van der Waals surface area contributed by atoms with Crippen LogP contribution >= 0.6 is 23.2 Å². The molecular formula is C44H84Cl2O2. The molecule has 1 N–H and O–H groups in total. The Bertz CT molecular complexity index is 649. The second-order valence-electron chi connectivity index (χ2n) is 15.2. The standard InChI is InChI=1S/C44H84Cl2O2/c1-4-7-8-9-10-17-22-27-32-40(35-36-44(47)48)39-43(41(5-2)33-28-23-18-13-11-15-20-25-30-37-45)42(6-3)34-29-24-19-14-12-16-21-26-31-38-46/h27,32,40-43H,4-26,28-31,33-39H2,1-3H3,(H,47,48)/b32-27+. The fourth-order valence-corrected chi connectivity index (χ4v) is 8.35. The van der Waals surface area contributed by atoms with Crippen LogP contribution in [0.3, 0.4) is 0 Å². The van der Waals surface area contributed by atoms with Crippen molar-refractivity contribution in [1.82, 2.24) is 0 Å². The molecule has 4 heteroatoms. The summed E-state index contributed by atoms with van der Waals surface area (Å²) in [5, 5.41) is 9.60. The molecule has 0 rings (SSSR count). The summed E-state index contributed by atoms with van der Waals surface area (Å²) in [5.74, 6) is 3.61. The average molecular weight is 716 g/mol. The maximum Gasteiger partial charge on any atom is 0.303 e. The molecule has 0 aliphatic rings. The van der Waals surface area contributed by atoms with Crippen molar-refractivity contribution in [3.05, 3.63) is 12.2 Å². The zero-order chi connectivity index (χ0) is 35.3. The number of carbonyl (C=O) groups is 1. The molecular weight excluding hydrogens is 631 g/mol. The van der Waals surface area contributed by atoms with E-state index in [-0.39, 0.29) is 0 Å². The first kappa shape index (κ1) is 47.8. The van der Waals surface area contributed by atoms with E-state index in [0.717, 1.165) is 36.4 Å². The predicted molar refractivity (Wildman–Crippen MR) is 217 cm³/mol. The number of carboxylic acid groups (broad SMARTS) is 1. The van der Waals surface area contributed by atoms with Crippen molar-refractivity contribution in [3.63, 3.8) is 0 Å². The molecule has 286 valence electrons. The van der Waals surface area contributed by atoms with Crippen molar-refractivity contribution < 1.29 is 9.90 Å². The first-order chi connectivity index (χ1) is 23.5. The van der Waals surface area contributed by atoms with Gasteiger partial charge in [-0.25, -0.2) is 0 Å². The third-order valence-corrected chi connectivity index (χ3v) is 11.6. The fourth-order valence-electron chi connectivity index (χ4n) is 7.97. The summed E-state index contributed by atoms with van der Waals surface area (Å²) in [5.41, 5.74) is 0. The van der Waals surface area contributed by atoms with Gasteiger partial charge >= 0.3 is 5.97 Å². The molecule has 0 bridgehead atoms. The number of aliphatic carboxylic acids is 1. The van der Waals surface area contributed by atoms with E-state index in [0.29, 0.717) is 18.3 Å². The Morgan fingerprint density at radius 1 is 0.542 bits per heavy atom. The molecule has 0 heterocycles. The van der Waals surface area contributed by atoms with E-state index < -0.39 is 5.97 Å². The van der Waals surface area contributed by atoms with E-state index in [9.17, 15) is 9.90 Å². The van der Waals surface area contributed by atoms with Gasteiger partial charge < -0.3 is 5.11 Å². The number of hydrogen-bond acceptors (Lipinski definition) is 1. The van der Waals surface area contributed by atoms with Crippen LogP contribution in [-0.4, -0.2) is 22.8 Å². The molecule has 0 radical (unpaired) electrons. The van der Waals surface area contributed by atoms with Crippen LogP contribution in [0.4, 0.5) is 0 Å². The summed E-state index contributed by atoms with van der Waals surface area (Å²) < 4.78 is 0. The largest absolute Gasteiger partial charge is 0.481 e. The van der Waals surface area contributed by atoms with Crippen LogP contribution in [0.25, 0.3) is 0 Å². The van der Waals surface area contributed by atoms with Crippen LogP contribution in [0.1, 0.15) is 226 Å². The van der Waals surface area contributed by atoms with Crippen LogP contribution in [0.15, 0.2) is 12.2 Å². The van der Waals surface area contributed by atoms with Gasteiger partial charge in [-0.2, -0.15) is 0 Å². The second-order valence-corrected chi connectivity index (χ2v) is 16.0. The van der Waals surface area contributed by atoms with Gasteiger partial charge in [0.1, 0.15) is 0 Å². The first-order valence-corrected chi connectivity index (χ1v) is 22.6. The van der Waals surface area contributed by atoms with E-state index in [1.54, 1.807) is 0 Å². The molecule has 0 amide bonds. The number of halogens is 2. The Hall–Kier alpha value is -0.210. The summed E-state index contributed by atoms with van der Waals surface area (Å²) >= 11 is 11.7. The van der Waals surface area contributed by atoms with Crippen molar-refractivity contribution in [2.45, 2.75) is 226 Å². The van der Waals surface area contributed by atoms with Gasteiger partial charge in [-0.1, -0.05) is 193 Å². The van der Waals surface area contributed by atoms with Crippen molar-refractivity contribution in [2.24, 2.45) is 23.7 Å². The third-order valence-electron chi connectivity index (χ3n) is 11.1. The summed E-state index contributed by atoms with van der Waals surface area (Å²) in [7, 11) is 0. The topological polar surface area (TPSA) is 37.3 Å². The quantitative estimate of drug-likeness (QED) is 0.0391. The lowest BCUT2D eigenvalue weighted by Gasteiger charge is -2.35. The summed E-state index contributed by atoms with van der Waals surface area (Å²) in [6.07, 6.45) is 45.5. The van der Waals surface area contributed by atoms with E-state index in [2.05, 4.69) is 32.9 Å². The van der Waals surface area contributed by atoms with Gasteiger partial charge in [0.25, 0.3) is 0 Å². The molecule has 3 unspecified atom stereocenters. The third kappa shape index (κ3) is 30.6. The molecule has 0 aliphatic carbocycles. The minimum Gasteiger partial charge on any atom is -0.481 e. The Morgan fingerprint density at radius 3 is 1.33 bits per heavy atom. The van der Waals surface area contributed by atoms with Crippen molar-refractivity contribution in [3.8, 4) is 0 Å². The normalized spacial score (nSPS) is 14.4. The molecule has 0 fully saturated rings. The first-order valence-electron chi connectivity index (χ1n) is 21.5. The van der Waals surface area contributed by atoms with Gasteiger partial charge in [0.05, 0.1) is 0 Å². The minimum absolute atomic E-state index is 0.296. The van der Waals surface area contributed by atoms with Gasteiger partial charge in [0.15, 0.2) is 0 Å². The lowest BCUT2D eigenvalue weighted by atomic mass is 9.70. The lowest BCUT2D eigenvalue weighted by Crippen LogP contribution is -2.26. The molecule has 3 atom stereocenters. The number of unbranched alkanes of at least 4 members (excludes halogenated alkanes) is 22. The van der Waals surface area contributed by atoms with Gasteiger partial charge in [-0.3, -0.25) is 4.79 Å². The molecule has 0 aromatic heterocycles. The Kier molecular flexibility index (Phi) is 37.9. The molecule has 48 heavy (non-hydrogen) atoms. The van der Waals surface area contributed by atoms with Gasteiger partial charge in [-0.15, -0.1) is 23.2 Å². The van der Waals surface area contributed by atoms with Gasteiger partial charge in [0.2, 0.25) is 0 Å². The number of alkyl halides is 2.